The predicted octanol–water partition coefficient (Wildman–Crippen LogP) is 1.10. The summed E-state index contributed by atoms with van der Waals surface area (Å²) in [6, 6.07) is 7.94. The average Bonchev–Trinajstić information content (AvgIpc) is 2.24. The van der Waals surface area contributed by atoms with E-state index in [-0.39, 0.29) is 17.9 Å². The van der Waals surface area contributed by atoms with E-state index >= 15 is 0 Å². The first-order valence-corrected chi connectivity index (χ1v) is 6.35. The lowest BCUT2D eigenvalue weighted by Crippen LogP contribution is -2.53. The van der Waals surface area contributed by atoms with Crippen molar-refractivity contribution < 1.29 is 9.53 Å². The minimum atomic E-state index is 0.0265. The number of nitrogens with one attached hydrogen (secondary N) is 2. The van der Waals surface area contributed by atoms with Gasteiger partial charge in [-0.25, -0.2) is 0 Å². The summed E-state index contributed by atoms with van der Waals surface area (Å²) in [7, 11) is 0. The van der Waals surface area contributed by atoms with Gasteiger partial charge in [-0.05, 0) is 31.5 Å². The van der Waals surface area contributed by atoms with Gasteiger partial charge in [-0.3, -0.25) is 4.79 Å². The van der Waals surface area contributed by atoms with Gasteiger partial charge < -0.3 is 15.4 Å². The monoisotopic (exact) mass is 248 g/mol. The summed E-state index contributed by atoms with van der Waals surface area (Å²) >= 11 is 0. The molecule has 0 spiro atoms. The predicted molar refractivity (Wildman–Crippen MR) is 70.6 cm³/mol. The molecule has 0 radical (unpaired) electrons. The van der Waals surface area contributed by atoms with Gasteiger partial charge in [-0.2, -0.15) is 0 Å². The van der Waals surface area contributed by atoms with E-state index in [0.717, 1.165) is 18.8 Å². The fourth-order valence-corrected chi connectivity index (χ4v) is 1.80. The molecule has 1 aromatic carbocycles. The molecule has 4 nitrogen and oxygen atoms in total. The van der Waals surface area contributed by atoms with Crippen LogP contribution in [0.5, 0.6) is 5.75 Å². The second-order valence-electron chi connectivity index (χ2n) is 4.89. The van der Waals surface area contributed by atoms with Crippen LogP contribution in [0.25, 0.3) is 0 Å². The molecular weight excluding hydrogens is 228 g/mol. The van der Waals surface area contributed by atoms with Crippen molar-refractivity contribution in [3.8, 4) is 5.75 Å². The van der Waals surface area contributed by atoms with E-state index in [4.69, 9.17) is 4.74 Å². The molecule has 2 N–H and O–H groups in total. The van der Waals surface area contributed by atoms with Crippen LogP contribution in [0.1, 0.15) is 12.5 Å². The molecule has 98 valence electrons. The maximum absolute atomic E-state index is 11.7. The molecule has 0 saturated carbocycles. The van der Waals surface area contributed by atoms with Crippen molar-refractivity contribution in [1.82, 2.24) is 10.6 Å². The van der Waals surface area contributed by atoms with Crippen LogP contribution < -0.4 is 15.4 Å². The van der Waals surface area contributed by atoms with Crippen LogP contribution in [0.4, 0.5) is 0 Å². The van der Waals surface area contributed by atoms with Crippen LogP contribution in [-0.2, 0) is 4.79 Å². The Morgan fingerprint density at radius 3 is 2.94 bits per heavy atom. The Morgan fingerprint density at radius 2 is 2.33 bits per heavy atom. The number of ether oxygens (including phenoxy) is 1. The zero-order valence-electron chi connectivity index (χ0n) is 10.9. The van der Waals surface area contributed by atoms with Crippen LogP contribution >= 0.6 is 0 Å². The maximum atomic E-state index is 11.7. The highest BCUT2D eigenvalue weighted by atomic mass is 16.5. The van der Waals surface area contributed by atoms with Gasteiger partial charge in [0.05, 0.1) is 12.0 Å². The second-order valence-corrected chi connectivity index (χ2v) is 4.89. The van der Waals surface area contributed by atoms with E-state index < -0.39 is 0 Å². The molecule has 1 aliphatic rings. The zero-order chi connectivity index (χ0) is 13.0. The summed E-state index contributed by atoms with van der Waals surface area (Å²) < 4.78 is 5.65. The lowest BCUT2D eigenvalue weighted by Gasteiger charge is -2.27. The number of hydrogen-bond acceptors (Lipinski definition) is 3. The minimum absolute atomic E-state index is 0.0265. The van der Waals surface area contributed by atoms with Crippen molar-refractivity contribution in [2.24, 2.45) is 5.92 Å². The number of rotatable bonds is 5. The Labute approximate surface area is 108 Å². The maximum Gasteiger partial charge on any atom is 0.226 e. The number of amides is 1. The van der Waals surface area contributed by atoms with E-state index in [1.165, 1.54) is 5.56 Å². The zero-order valence-corrected chi connectivity index (χ0v) is 10.9. The van der Waals surface area contributed by atoms with Gasteiger partial charge in [0.25, 0.3) is 0 Å². The Balaban J connectivity index is 1.74. The molecule has 1 saturated heterocycles. The second kappa shape index (κ2) is 5.87. The van der Waals surface area contributed by atoms with Gasteiger partial charge >= 0.3 is 0 Å². The smallest absolute Gasteiger partial charge is 0.226 e. The van der Waals surface area contributed by atoms with E-state index in [1.807, 2.05) is 38.1 Å². The summed E-state index contributed by atoms with van der Waals surface area (Å²) in [6.45, 7) is 6.06. The molecule has 0 aromatic heterocycles. The topological polar surface area (TPSA) is 50.4 Å². The fourth-order valence-electron chi connectivity index (χ4n) is 1.80. The molecule has 1 atom stereocenters. The first kappa shape index (κ1) is 12.9. The molecule has 18 heavy (non-hydrogen) atoms. The van der Waals surface area contributed by atoms with Crippen molar-refractivity contribution in [2.45, 2.75) is 19.9 Å². The Morgan fingerprint density at radius 1 is 1.56 bits per heavy atom. The fraction of sp³-hybridized carbons (Fsp3) is 0.500. The third-order valence-corrected chi connectivity index (χ3v) is 3.03. The van der Waals surface area contributed by atoms with Crippen LogP contribution in [0.15, 0.2) is 24.3 Å². The highest BCUT2D eigenvalue weighted by Gasteiger charge is 2.25. The summed E-state index contributed by atoms with van der Waals surface area (Å²) in [6.07, 6.45) is 0. The summed E-state index contributed by atoms with van der Waals surface area (Å²) in [5, 5.41) is 6.05. The number of aryl methyl sites for hydroxylation is 1. The standard InChI is InChI=1S/C14H20N2O2/c1-10-4-3-5-13(6-10)18-9-11(2)16-14(17)12-7-15-8-12/h3-6,11-12,15H,7-9H2,1-2H3,(H,16,17). The highest BCUT2D eigenvalue weighted by molar-refractivity contribution is 5.80. The number of carbonyl (C=O) groups is 1. The normalized spacial score (nSPS) is 16.8. The number of benzene rings is 1. The molecule has 1 aromatic rings. The SMILES string of the molecule is Cc1cccc(OCC(C)NC(=O)C2CNC2)c1. The first-order valence-electron chi connectivity index (χ1n) is 6.35. The molecule has 1 aliphatic heterocycles. The van der Waals surface area contributed by atoms with Crippen LogP contribution in [-0.4, -0.2) is 31.6 Å². The van der Waals surface area contributed by atoms with Crippen LogP contribution in [0.2, 0.25) is 0 Å². The van der Waals surface area contributed by atoms with Gasteiger partial charge in [-0.1, -0.05) is 12.1 Å². The molecule has 1 amide bonds. The first-order chi connectivity index (χ1) is 8.65. The third-order valence-electron chi connectivity index (χ3n) is 3.03. The molecule has 0 bridgehead atoms. The van der Waals surface area contributed by atoms with E-state index in [2.05, 4.69) is 10.6 Å². The number of carbonyl (C=O) groups excluding carboxylic acids is 1. The van der Waals surface area contributed by atoms with E-state index in [1.54, 1.807) is 0 Å². The van der Waals surface area contributed by atoms with Crippen molar-refractivity contribution in [3.63, 3.8) is 0 Å². The van der Waals surface area contributed by atoms with Gasteiger partial charge in [0.15, 0.2) is 0 Å². The van der Waals surface area contributed by atoms with Crippen molar-refractivity contribution >= 4 is 5.91 Å². The molecule has 1 unspecified atom stereocenters. The minimum Gasteiger partial charge on any atom is -0.491 e. The van der Waals surface area contributed by atoms with Crippen molar-refractivity contribution in [2.75, 3.05) is 19.7 Å². The number of hydrogen-bond donors (Lipinski definition) is 2. The summed E-state index contributed by atoms with van der Waals surface area (Å²) in [5.74, 6) is 1.10. The quantitative estimate of drug-likeness (QED) is 0.820. The van der Waals surface area contributed by atoms with Crippen LogP contribution in [0, 0.1) is 12.8 Å². The van der Waals surface area contributed by atoms with E-state index in [9.17, 15) is 4.79 Å². The molecule has 2 rings (SSSR count). The van der Waals surface area contributed by atoms with E-state index in [0.29, 0.717) is 6.61 Å². The molecule has 0 aliphatic carbocycles. The largest absolute Gasteiger partial charge is 0.491 e. The molecule has 1 fully saturated rings. The van der Waals surface area contributed by atoms with Gasteiger partial charge in [0.2, 0.25) is 5.91 Å². The van der Waals surface area contributed by atoms with Crippen LogP contribution in [0.3, 0.4) is 0 Å². The Hall–Kier alpha value is -1.55. The Kier molecular flexibility index (Phi) is 4.20. The van der Waals surface area contributed by atoms with Gasteiger partial charge in [0.1, 0.15) is 12.4 Å². The summed E-state index contributed by atoms with van der Waals surface area (Å²) in [5.41, 5.74) is 1.17. The van der Waals surface area contributed by atoms with Crippen molar-refractivity contribution in [3.05, 3.63) is 29.8 Å². The van der Waals surface area contributed by atoms with Crippen molar-refractivity contribution in [1.29, 1.82) is 0 Å². The van der Waals surface area contributed by atoms with Gasteiger partial charge in [0, 0.05) is 13.1 Å². The lowest BCUT2D eigenvalue weighted by molar-refractivity contribution is -0.127. The Bertz CT molecular complexity index is 416. The van der Waals surface area contributed by atoms with Gasteiger partial charge in [-0.15, -0.1) is 0 Å². The molecule has 4 heteroatoms. The highest BCUT2D eigenvalue weighted by Crippen LogP contribution is 2.12. The summed E-state index contributed by atoms with van der Waals surface area (Å²) in [4.78, 5) is 11.7. The molecule has 1 heterocycles. The third kappa shape index (κ3) is 3.47. The average molecular weight is 248 g/mol. The lowest BCUT2D eigenvalue weighted by atomic mass is 10.0. The molecular formula is C14H20N2O2.